The zero-order valence-electron chi connectivity index (χ0n) is 16.1. The van der Waals surface area contributed by atoms with E-state index in [2.05, 4.69) is 0 Å². The summed E-state index contributed by atoms with van der Waals surface area (Å²) < 4.78 is 14.6. The highest BCUT2D eigenvalue weighted by molar-refractivity contribution is 6.36. The van der Waals surface area contributed by atoms with Crippen LogP contribution in [0.4, 0.5) is 4.39 Å². The fourth-order valence-corrected chi connectivity index (χ4v) is 6.68. The van der Waals surface area contributed by atoms with Gasteiger partial charge in [0.15, 0.2) is 11.6 Å². The zero-order valence-corrected chi connectivity index (χ0v) is 17.6. The minimum atomic E-state index is -0.725. The standard InChI is InChI=1S/C24H21Cl2FO2/c1-2-11-3-4-14(19-17(26)9-15(25)10-18(19)27)8-16(11)22-23(28)20-12-5-6-13(7-12)21(20)24(22)29/h3-4,8-10,12-13,20-22H,2,5-7H2,1H3. The van der Waals surface area contributed by atoms with Gasteiger partial charge in [0.05, 0.1) is 5.02 Å². The summed E-state index contributed by atoms with van der Waals surface area (Å²) in [7, 11) is 0. The Bertz CT molecular complexity index is 996. The maximum Gasteiger partial charge on any atom is 0.151 e. The summed E-state index contributed by atoms with van der Waals surface area (Å²) in [6.45, 7) is 2.00. The maximum absolute atomic E-state index is 14.6. The quantitative estimate of drug-likeness (QED) is 0.538. The van der Waals surface area contributed by atoms with Crippen LogP contribution in [0.5, 0.6) is 0 Å². The molecule has 0 radical (unpaired) electrons. The van der Waals surface area contributed by atoms with E-state index < -0.39 is 11.7 Å². The van der Waals surface area contributed by atoms with Crippen molar-refractivity contribution in [1.29, 1.82) is 0 Å². The zero-order chi connectivity index (χ0) is 20.4. The van der Waals surface area contributed by atoms with Crippen molar-refractivity contribution in [3.05, 3.63) is 57.3 Å². The number of benzene rings is 2. The Balaban J connectivity index is 1.62. The second-order valence-electron chi connectivity index (χ2n) is 8.63. The average molecular weight is 431 g/mol. The molecule has 0 saturated heterocycles. The Morgan fingerprint density at radius 3 is 2.24 bits per heavy atom. The topological polar surface area (TPSA) is 34.1 Å². The van der Waals surface area contributed by atoms with Crippen LogP contribution in [0.15, 0.2) is 30.3 Å². The van der Waals surface area contributed by atoms with Gasteiger partial charge in [0.25, 0.3) is 0 Å². The van der Waals surface area contributed by atoms with Crippen molar-refractivity contribution < 1.29 is 14.0 Å². The molecule has 2 aromatic carbocycles. The number of carbonyl (C=O) groups excluding carboxylic acids is 2. The summed E-state index contributed by atoms with van der Waals surface area (Å²) in [5, 5.41) is 0.440. The van der Waals surface area contributed by atoms with E-state index in [-0.39, 0.29) is 39.0 Å². The predicted octanol–water partition coefficient (Wildman–Crippen LogP) is 6.26. The molecule has 0 spiro atoms. The van der Waals surface area contributed by atoms with Crippen LogP contribution < -0.4 is 0 Å². The molecule has 29 heavy (non-hydrogen) atoms. The minimum Gasteiger partial charge on any atom is -0.298 e. The number of Topliss-reactive ketones (excluding diaryl/α,β-unsaturated/α-hetero) is 2. The van der Waals surface area contributed by atoms with Gasteiger partial charge in [0.2, 0.25) is 0 Å². The first-order chi connectivity index (χ1) is 13.9. The summed E-state index contributed by atoms with van der Waals surface area (Å²) in [6.07, 6.45) is 3.84. The third-order valence-electron chi connectivity index (χ3n) is 7.28. The molecular formula is C24H21Cl2FO2. The number of aryl methyl sites for hydroxylation is 1. The molecule has 0 aliphatic heterocycles. The number of rotatable bonds is 3. The van der Waals surface area contributed by atoms with Crippen LogP contribution in [-0.2, 0) is 16.0 Å². The smallest absolute Gasteiger partial charge is 0.151 e. The largest absolute Gasteiger partial charge is 0.298 e. The van der Waals surface area contributed by atoms with Crippen LogP contribution in [-0.4, -0.2) is 11.6 Å². The van der Waals surface area contributed by atoms with Crippen LogP contribution in [0.1, 0.15) is 43.2 Å². The number of ketones is 2. The molecule has 0 heterocycles. The molecule has 2 aromatic rings. The van der Waals surface area contributed by atoms with Gasteiger partial charge >= 0.3 is 0 Å². The van der Waals surface area contributed by atoms with Gasteiger partial charge < -0.3 is 0 Å². The van der Waals surface area contributed by atoms with Gasteiger partial charge in [0.1, 0.15) is 11.7 Å². The lowest BCUT2D eigenvalue weighted by Crippen LogP contribution is -2.24. The van der Waals surface area contributed by atoms with Crippen molar-refractivity contribution in [2.45, 2.75) is 38.5 Å². The van der Waals surface area contributed by atoms with Crippen LogP contribution in [0.3, 0.4) is 0 Å². The highest BCUT2D eigenvalue weighted by atomic mass is 35.5. The van der Waals surface area contributed by atoms with E-state index >= 15 is 0 Å². The molecule has 2 bridgehead atoms. The van der Waals surface area contributed by atoms with Crippen molar-refractivity contribution >= 4 is 34.8 Å². The normalized spacial score (nSPS) is 30.3. The number of hydrogen-bond acceptors (Lipinski definition) is 2. The van der Waals surface area contributed by atoms with E-state index in [4.69, 9.17) is 23.2 Å². The van der Waals surface area contributed by atoms with Crippen LogP contribution in [0, 0.1) is 29.5 Å². The van der Waals surface area contributed by atoms with Gasteiger partial charge in [-0.05, 0) is 72.4 Å². The van der Waals surface area contributed by atoms with Crippen molar-refractivity contribution in [2.24, 2.45) is 23.7 Å². The van der Waals surface area contributed by atoms with Crippen LogP contribution in [0.25, 0.3) is 11.1 Å². The maximum atomic E-state index is 14.6. The Labute approximate surface area is 179 Å². The summed E-state index contributed by atoms with van der Waals surface area (Å²) in [5.74, 6) is -0.603. The first-order valence-corrected chi connectivity index (χ1v) is 11.0. The highest BCUT2D eigenvalue weighted by Gasteiger charge is 2.61. The fourth-order valence-electron chi connectivity index (χ4n) is 6.10. The molecule has 3 aliphatic rings. The number of hydrogen-bond donors (Lipinski definition) is 0. The summed E-state index contributed by atoms with van der Waals surface area (Å²) >= 11 is 12.2. The molecule has 4 unspecified atom stereocenters. The van der Waals surface area contributed by atoms with Crippen molar-refractivity contribution in [2.75, 3.05) is 0 Å². The second kappa shape index (κ2) is 6.92. The van der Waals surface area contributed by atoms with E-state index in [9.17, 15) is 14.0 Å². The summed E-state index contributed by atoms with van der Waals surface area (Å²) in [6, 6.07) is 8.21. The second-order valence-corrected chi connectivity index (χ2v) is 9.48. The Morgan fingerprint density at radius 1 is 1.00 bits per heavy atom. The minimum absolute atomic E-state index is 0.0710. The first kappa shape index (κ1) is 19.3. The Hall–Kier alpha value is -1.71. The van der Waals surface area contributed by atoms with Gasteiger partial charge in [-0.2, -0.15) is 0 Å². The molecule has 0 aromatic heterocycles. The van der Waals surface area contributed by atoms with E-state index in [1.54, 1.807) is 12.1 Å². The summed E-state index contributed by atoms with van der Waals surface area (Å²) in [5.41, 5.74) is 2.49. The lowest BCUT2D eigenvalue weighted by Gasteiger charge is -2.21. The fraction of sp³-hybridized carbons (Fsp3) is 0.417. The molecule has 5 rings (SSSR count). The SMILES string of the molecule is CCc1ccc(-c2c(F)cc(Cl)cc2Cl)cc1C1C(=O)C2C3CCC(C3)C2C1=O. The highest BCUT2D eigenvalue weighted by Crippen LogP contribution is 2.59. The monoisotopic (exact) mass is 430 g/mol. The van der Waals surface area contributed by atoms with Crippen molar-refractivity contribution in [3.8, 4) is 11.1 Å². The van der Waals surface area contributed by atoms with Crippen molar-refractivity contribution in [3.63, 3.8) is 0 Å². The van der Waals surface area contributed by atoms with Crippen LogP contribution >= 0.6 is 23.2 Å². The molecular weight excluding hydrogens is 410 g/mol. The molecule has 3 saturated carbocycles. The molecule has 2 nitrogen and oxygen atoms in total. The molecule has 150 valence electrons. The number of halogens is 3. The lowest BCUT2D eigenvalue weighted by molar-refractivity contribution is -0.125. The van der Waals surface area contributed by atoms with Gasteiger partial charge in [-0.25, -0.2) is 4.39 Å². The number of carbonyl (C=O) groups is 2. The van der Waals surface area contributed by atoms with E-state index in [1.807, 2.05) is 13.0 Å². The Morgan fingerprint density at radius 2 is 1.66 bits per heavy atom. The summed E-state index contributed by atoms with van der Waals surface area (Å²) in [4.78, 5) is 26.7. The average Bonchev–Trinajstić information content (AvgIpc) is 3.35. The van der Waals surface area contributed by atoms with Gasteiger partial charge in [-0.1, -0.05) is 42.3 Å². The molecule has 3 aliphatic carbocycles. The van der Waals surface area contributed by atoms with Gasteiger partial charge in [0, 0.05) is 22.4 Å². The van der Waals surface area contributed by atoms with E-state index in [0.29, 0.717) is 23.8 Å². The third-order valence-corrected chi connectivity index (χ3v) is 7.79. The van der Waals surface area contributed by atoms with Crippen LogP contribution in [0.2, 0.25) is 10.0 Å². The first-order valence-electron chi connectivity index (χ1n) is 10.3. The lowest BCUT2D eigenvalue weighted by atomic mass is 9.81. The molecule has 0 amide bonds. The van der Waals surface area contributed by atoms with Crippen molar-refractivity contribution in [1.82, 2.24) is 0 Å². The van der Waals surface area contributed by atoms with E-state index in [0.717, 1.165) is 30.4 Å². The Kier molecular flexibility index (Phi) is 4.60. The molecule has 3 fully saturated rings. The molecule has 0 N–H and O–H groups in total. The van der Waals surface area contributed by atoms with Gasteiger partial charge in [-0.3, -0.25) is 9.59 Å². The third kappa shape index (κ3) is 2.81. The molecule has 5 heteroatoms. The molecule has 4 atom stereocenters. The predicted molar refractivity (Wildman–Crippen MR) is 112 cm³/mol. The number of fused-ring (bicyclic) bond motifs is 5. The van der Waals surface area contributed by atoms with Gasteiger partial charge in [-0.15, -0.1) is 0 Å². The van der Waals surface area contributed by atoms with E-state index in [1.165, 1.54) is 12.1 Å².